The number of amides is 2. The van der Waals surface area contributed by atoms with Crippen LogP contribution >= 0.6 is 0 Å². The summed E-state index contributed by atoms with van der Waals surface area (Å²) in [6, 6.07) is 13.8. The summed E-state index contributed by atoms with van der Waals surface area (Å²) in [6.07, 6.45) is 5.69. The average molecular weight is 632 g/mol. The van der Waals surface area contributed by atoms with Crippen molar-refractivity contribution in [2.24, 2.45) is 0 Å². The van der Waals surface area contributed by atoms with Crippen molar-refractivity contribution in [1.29, 1.82) is 0 Å². The molecule has 3 aromatic rings. The van der Waals surface area contributed by atoms with Gasteiger partial charge in [0.15, 0.2) is 0 Å². The lowest BCUT2D eigenvalue weighted by Gasteiger charge is -2.32. The van der Waals surface area contributed by atoms with E-state index in [2.05, 4.69) is 20.5 Å². The first-order valence-electron chi connectivity index (χ1n) is 16.1. The standard InChI is InChI=1S/C35H42FN5O5/c1-40(2)35(12-13-35)34(44)39-27-8-6-26(7-9-27)38-32(43)31-20-25(36)21-37-33(31)46-29-5-3-4-23(19-29)30-11-10-28(42)18-24(30)22-41-14-16-45-17-15-41/h3-5,10-11,18-21,26-27,42H,6-9,12-17,22H2,1-2H3,(H,38,43)(H,39,44). The zero-order chi connectivity index (χ0) is 32.3. The van der Waals surface area contributed by atoms with Crippen molar-refractivity contribution in [1.82, 2.24) is 25.4 Å². The van der Waals surface area contributed by atoms with Gasteiger partial charge >= 0.3 is 0 Å². The van der Waals surface area contributed by atoms with Crippen LogP contribution in [0.3, 0.4) is 0 Å². The number of nitrogens with one attached hydrogen (secondary N) is 2. The number of hydrogen-bond donors (Lipinski definition) is 3. The van der Waals surface area contributed by atoms with Crippen molar-refractivity contribution >= 4 is 11.8 Å². The van der Waals surface area contributed by atoms with Crippen LogP contribution in [0, 0.1) is 5.82 Å². The summed E-state index contributed by atoms with van der Waals surface area (Å²) in [5.41, 5.74) is 2.43. The number of ether oxygens (including phenoxy) is 2. The van der Waals surface area contributed by atoms with Gasteiger partial charge in [-0.25, -0.2) is 9.37 Å². The monoisotopic (exact) mass is 631 g/mol. The first-order chi connectivity index (χ1) is 22.2. The first-order valence-corrected chi connectivity index (χ1v) is 16.1. The number of aromatic nitrogens is 1. The topological polar surface area (TPSA) is 116 Å². The molecule has 0 unspecified atom stereocenters. The molecule has 0 bridgehead atoms. The lowest BCUT2D eigenvalue weighted by Crippen LogP contribution is -2.51. The average Bonchev–Trinajstić information content (AvgIpc) is 3.86. The van der Waals surface area contributed by atoms with Crippen molar-refractivity contribution in [3.63, 3.8) is 0 Å². The molecule has 10 nitrogen and oxygen atoms in total. The van der Waals surface area contributed by atoms with E-state index in [0.29, 0.717) is 38.3 Å². The molecule has 2 amide bonds. The fraction of sp³-hybridized carbons (Fsp3) is 0.457. The third-order valence-corrected chi connectivity index (χ3v) is 9.41. The van der Waals surface area contributed by atoms with Gasteiger partial charge in [-0.3, -0.25) is 19.4 Å². The lowest BCUT2D eigenvalue weighted by atomic mass is 9.90. The summed E-state index contributed by atoms with van der Waals surface area (Å²) in [4.78, 5) is 34.6. The number of carbonyl (C=O) groups excluding carboxylic acids is 2. The zero-order valence-corrected chi connectivity index (χ0v) is 26.4. The van der Waals surface area contributed by atoms with Crippen LogP contribution in [0.1, 0.15) is 54.4 Å². The number of likely N-dealkylation sites (N-methyl/N-ethyl adjacent to an activating group) is 1. The number of hydrogen-bond acceptors (Lipinski definition) is 8. The molecule has 0 atom stereocenters. The summed E-state index contributed by atoms with van der Waals surface area (Å²) < 4.78 is 25.9. The minimum absolute atomic E-state index is 0.00895. The van der Waals surface area contributed by atoms with Gasteiger partial charge < -0.3 is 25.2 Å². The van der Waals surface area contributed by atoms with Gasteiger partial charge in [-0.15, -0.1) is 0 Å². The number of pyridine rings is 1. The van der Waals surface area contributed by atoms with Crippen LogP contribution in [0.15, 0.2) is 54.7 Å². The van der Waals surface area contributed by atoms with Gasteiger partial charge in [-0.05, 0) is 99.6 Å². The van der Waals surface area contributed by atoms with Gasteiger partial charge in [0.05, 0.1) is 24.9 Å². The number of halogens is 1. The molecule has 1 aliphatic heterocycles. The van der Waals surface area contributed by atoms with Crippen molar-refractivity contribution < 1.29 is 28.6 Å². The number of aromatic hydroxyl groups is 1. The molecule has 11 heteroatoms. The molecule has 1 aromatic heterocycles. The largest absolute Gasteiger partial charge is 0.508 e. The minimum Gasteiger partial charge on any atom is -0.508 e. The quantitative estimate of drug-likeness (QED) is 0.300. The molecule has 1 saturated heterocycles. The number of phenols is 1. The van der Waals surface area contributed by atoms with Crippen LogP contribution < -0.4 is 15.4 Å². The SMILES string of the molecule is CN(C)C1(C(=O)NC2CCC(NC(=O)c3cc(F)cnc3Oc3cccc(-c4ccc(O)cc4CN4CCOCC4)c3)CC2)CC1. The number of carbonyl (C=O) groups is 2. The molecule has 3 aliphatic rings. The molecule has 244 valence electrons. The minimum atomic E-state index is -0.635. The smallest absolute Gasteiger partial charge is 0.257 e. The Hall–Kier alpha value is -4.06. The highest BCUT2D eigenvalue weighted by molar-refractivity contribution is 5.96. The van der Waals surface area contributed by atoms with E-state index in [9.17, 15) is 19.1 Å². The van der Waals surface area contributed by atoms with E-state index >= 15 is 0 Å². The van der Waals surface area contributed by atoms with E-state index in [1.165, 1.54) is 0 Å². The van der Waals surface area contributed by atoms with Crippen molar-refractivity contribution in [2.45, 2.75) is 62.7 Å². The molecule has 2 heterocycles. The fourth-order valence-electron chi connectivity index (χ4n) is 6.46. The van der Waals surface area contributed by atoms with E-state index in [0.717, 1.165) is 67.7 Å². The molecule has 2 saturated carbocycles. The molecule has 46 heavy (non-hydrogen) atoms. The second kappa shape index (κ2) is 13.7. The first kappa shape index (κ1) is 31.9. The Kier molecular flexibility index (Phi) is 9.53. The maximum Gasteiger partial charge on any atom is 0.257 e. The predicted molar refractivity (Wildman–Crippen MR) is 171 cm³/mol. The highest BCUT2D eigenvalue weighted by Gasteiger charge is 2.52. The Morgan fingerprint density at radius 2 is 1.76 bits per heavy atom. The van der Waals surface area contributed by atoms with Gasteiger partial charge in [0.2, 0.25) is 11.8 Å². The van der Waals surface area contributed by atoms with Crippen LogP contribution in [-0.2, 0) is 16.1 Å². The van der Waals surface area contributed by atoms with Gasteiger partial charge in [-0.1, -0.05) is 18.2 Å². The zero-order valence-electron chi connectivity index (χ0n) is 26.4. The summed E-state index contributed by atoms with van der Waals surface area (Å²) in [6.45, 7) is 3.64. The van der Waals surface area contributed by atoms with Gasteiger partial charge in [0.25, 0.3) is 5.91 Å². The fourth-order valence-corrected chi connectivity index (χ4v) is 6.46. The molecular weight excluding hydrogens is 589 g/mol. The number of benzene rings is 2. The Bertz CT molecular complexity index is 1560. The molecule has 2 aliphatic carbocycles. The van der Waals surface area contributed by atoms with Gasteiger partial charge in [-0.2, -0.15) is 0 Å². The van der Waals surface area contributed by atoms with Gasteiger partial charge in [0, 0.05) is 31.7 Å². The normalized spacial score (nSPS) is 21.0. The van der Waals surface area contributed by atoms with Crippen LogP contribution in [0.4, 0.5) is 4.39 Å². The summed E-state index contributed by atoms with van der Waals surface area (Å²) in [5, 5.41) is 16.5. The highest BCUT2D eigenvalue weighted by atomic mass is 19.1. The second-order valence-electron chi connectivity index (χ2n) is 12.8. The maximum atomic E-state index is 14.3. The number of phenolic OH excluding ortho intramolecular Hbond substituents is 1. The molecule has 0 radical (unpaired) electrons. The molecule has 0 spiro atoms. The van der Waals surface area contributed by atoms with E-state index < -0.39 is 11.7 Å². The van der Waals surface area contributed by atoms with Gasteiger partial charge in [0.1, 0.15) is 22.9 Å². The number of nitrogens with zero attached hydrogens (tertiary/aromatic N) is 3. The number of morpholine rings is 1. The Morgan fingerprint density at radius 1 is 1.04 bits per heavy atom. The van der Waals surface area contributed by atoms with E-state index in [1.54, 1.807) is 18.2 Å². The predicted octanol–water partition coefficient (Wildman–Crippen LogP) is 4.47. The lowest BCUT2D eigenvalue weighted by molar-refractivity contribution is -0.128. The molecule has 6 rings (SSSR count). The highest BCUT2D eigenvalue weighted by Crippen LogP contribution is 2.40. The summed E-state index contributed by atoms with van der Waals surface area (Å²) >= 11 is 0. The van der Waals surface area contributed by atoms with Crippen molar-refractivity contribution in [3.05, 3.63) is 71.7 Å². The van der Waals surface area contributed by atoms with Crippen LogP contribution in [0.2, 0.25) is 0 Å². The molecule has 3 N–H and O–H groups in total. The second-order valence-corrected chi connectivity index (χ2v) is 12.8. The van der Waals surface area contributed by atoms with E-state index in [1.807, 2.05) is 43.3 Å². The maximum absolute atomic E-state index is 14.3. The number of rotatable bonds is 10. The van der Waals surface area contributed by atoms with E-state index in [-0.39, 0.29) is 40.7 Å². The third-order valence-electron chi connectivity index (χ3n) is 9.41. The van der Waals surface area contributed by atoms with Crippen molar-refractivity contribution in [2.75, 3.05) is 40.4 Å². The van der Waals surface area contributed by atoms with Crippen LogP contribution in [-0.4, -0.2) is 89.7 Å². The Morgan fingerprint density at radius 3 is 2.46 bits per heavy atom. The third kappa shape index (κ3) is 7.32. The van der Waals surface area contributed by atoms with Crippen molar-refractivity contribution in [3.8, 4) is 28.5 Å². The van der Waals surface area contributed by atoms with E-state index in [4.69, 9.17) is 9.47 Å². The Balaban J connectivity index is 1.11. The Labute approximate surface area is 268 Å². The molecular formula is C35H42FN5O5. The molecule has 3 fully saturated rings. The summed E-state index contributed by atoms with van der Waals surface area (Å²) in [5.74, 6) is -0.362. The molecule has 2 aromatic carbocycles. The van der Waals surface area contributed by atoms with Crippen LogP contribution in [0.5, 0.6) is 17.4 Å². The summed E-state index contributed by atoms with van der Waals surface area (Å²) in [7, 11) is 3.88. The van der Waals surface area contributed by atoms with Crippen LogP contribution in [0.25, 0.3) is 11.1 Å².